The third kappa shape index (κ3) is 4.21. The van der Waals surface area contributed by atoms with Gasteiger partial charge in [-0.1, -0.05) is 0 Å². The van der Waals surface area contributed by atoms with E-state index >= 15 is 0 Å². The molecule has 0 heterocycles. The largest absolute Gasteiger partial charge is 0.368 e. The minimum absolute atomic E-state index is 0.0916. The Bertz CT molecular complexity index is 333. The van der Waals surface area contributed by atoms with E-state index in [0.717, 1.165) is 6.92 Å². The second kappa shape index (κ2) is 6.62. The highest BCUT2D eigenvalue weighted by Gasteiger charge is 2.55. The van der Waals surface area contributed by atoms with E-state index in [9.17, 15) is 24.8 Å². The number of nitro groups is 1. The molecule has 1 atom stereocenters. The summed E-state index contributed by atoms with van der Waals surface area (Å²) < 4.78 is 22.0. The van der Waals surface area contributed by atoms with Gasteiger partial charge in [0.25, 0.3) is 10.4 Å². The molecule has 0 saturated heterocycles. The average Bonchev–Trinajstić information content (AvgIpc) is 2.15. The summed E-state index contributed by atoms with van der Waals surface area (Å²) in [5.41, 5.74) is 0. The van der Waals surface area contributed by atoms with Crippen molar-refractivity contribution in [1.29, 1.82) is 0 Å². The minimum atomic E-state index is -4.15. The minimum Gasteiger partial charge on any atom is -0.307 e. The molecular weight excluding hydrogens is 271 g/mol. The fourth-order valence-electron chi connectivity index (χ4n) is 1.22. The van der Waals surface area contributed by atoms with Gasteiger partial charge in [-0.15, -0.1) is 10.1 Å². The third-order valence-corrected chi connectivity index (χ3v) is 4.45. The Labute approximate surface area is 103 Å². The van der Waals surface area contributed by atoms with Crippen LogP contribution in [-0.4, -0.2) is 35.1 Å². The van der Waals surface area contributed by atoms with Crippen molar-refractivity contribution in [2.45, 2.75) is 26.1 Å². The summed E-state index contributed by atoms with van der Waals surface area (Å²) in [5.74, 6) is 0. The Hall–Kier alpha value is -1.25. The van der Waals surface area contributed by atoms with Crippen molar-refractivity contribution >= 4 is 7.60 Å². The van der Waals surface area contributed by atoms with Gasteiger partial charge in [-0.05, 0) is 20.8 Å². The molecule has 18 heavy (non-hydrogen) atoms. The molecular formula is C7H15N2O8P. The van der Waals surface area contributed by atoms with Crippen LogP contribution in [-0.2, 0) is 18.5 Å². The predicted molar refractivity (Wildman–Crippen MR) is 59.2 cm³/mol. The average molecular weight is 286 g/mol. The van der Waals surface area contributed by atoms with Crippen molar-refractivity contribution in [3.8, 4) is 0 Å². The molecule has 0 fully saturated rings. The predicted octanol–water partition coefficient (Wildman–Crippen LogP) is 1.45. The lowest BCUT2D eigenvalue weighted by molar-refractivity contribution is -0.779. The molecule has 0 amide bonds. The fourth-order valence-corrected chi connectivity index (χ4v) is 2.97. The van der Waals surface area contributed by atoms with Crippen LogP contribution in [0.4, 0.5) is 0 Å². The van der Waals surface area contributed by atoms with Crippen LogP contribution in [0.5, 0.6) is 0 Å². The fraction of sp³-hybridized carbons (Fsp3) is 1.00. The Morgan fingerprint density at radius 1 is 1.17 bits per heavy atom. The lowest BCUT2D eigenvalue weighted by atomic mass is 10.4. The van der Waals surface area contributed by atoms with Crippen molar-refractivity contribution in [1.82, 2.24) is 0 Å². The highest BCUT2D eigenvalue weighted by atomic mass is 31.2. The normalized spacial score (nSPS) is 14.8. The van der Waals surface area contributed by atoms with E-state index in [1.54, 1.807) is 0 Å². The molecule has 106 valence electrons. The Kier molecular flexibility index (Phi) is 6.16. The summed E-state index contributed by atoms with van der Waals surface area (Å²) in [4.78, 5) is 24.2. The van der Waals surface area contributed by atoms with Gasteiger partial charge < -0.3 is 9.05 Å². The van der Waals surface area contributed by atoms with E-state index in [0.29, 0.717) is 0 Å². The first-order valence-corrected chi connectivity index (χ1v) is 6.59. The SMILES string of the molecule is CCOP(=O)(OCC)C(C)(C[N+](=O)[O-])O[N+](=O)[O-]. The van der Waals surface area contributed by atoms with Crippen molar-refractivity contribution in [3.05, 3.63) is 20.2 Å². The molecule has 10 nitrogen and oxygen atoms in total. The van der Waals surface area contributed by atoms with Gasteiger partial charge in [0.2, 0.25) is 6.54 Å². The van der Waals surface area contributed by atoms with Gasteiger partial charge in [-0.25, -0.2) is 0 Å². The van der Waals surface area contributed by atoms with Crippen molar-refractivity contribution in [2.75, 3.05) is 19.8 Å². The maximum Gasteiger partial charge on any atom is 0.368 e. The molecule has 0 aliphatic rings. The summed E-state index contributed by atoms with van der Waals surface area (Å²) in [6.45, 7) is 2.64. The third-order valence-electron chi connectivity index (χ3n) is 1.87. The van der Waals surface area contributed by atoms with E-state index in [1.807, 2.05) is 0 Å². The molecule has 0 bridgehead atoms. The standard InChI is InChI=1S/C7H15N2O8P/c1-4-15-18(14,16-5-2)7(3,6-8(10)11)17-9(12)13/h4-6H2,1-3H3. The molecule has 0 aromatic carbocycles. The molecule has 11 heteroatoms. The Morgan fingerprint density at radius 3 is 1.89 bits per heavy atom. The highest BCUT2D eigenvalue weighted by Crippen LogP contribution is 2.60. The van der Waals surface area contributed by atoms with Crippen LogP contribution >= 0.6 is 7.60 Å². The zero-order valence-corrected chi connectivity index (χ0v) is 11.1. The monoisotopic (exact) mass is 286 g/mol. The van der Waals surface area contributed by atoms with Crippen LogP contribution in [0.3, 0.4) is 0 Å². The van der Waals surface area contributed by atoms with E-state index in [1.165, 1.54) is 13.8 Å². The van der Waals surface area contributed by atoms with Crippen LogP contribution in [0.15, 0.2) is 0 Å². The van der Waals surface area contributed by atoms with E-state index < -0.39 is 29.5 Å². The second-order valence-electron chi connectivity index (χ2n) is 3.31. The molecule has 0 saturated carbocycles. The van der Waals surface area contributed by atoms with Crippen LogP contribution < -0.4 is 0 Å². The van der Waals surface area contributed by atoms with E-state index in [4.69, 9.17) is 9.05 Å². The van der Waals surface area contributed by atoms with Crippen LogP contribution in [0, 0.1) is 20.2 Å². The summed E-state index contributed by atoms with van der Waals surface area (Å²) in [7, 11) is -4.15. The van der Waals surface area contributed by atoms with Gasteiger partial charge in [-0.2, -0.15) is 0 Å². The Morgan fingerprint density at radius 2 is 1.61 bits per heavy atom. The molecule has 0 radical (unpaired) electrons. The first-order chi connectivity index (χ1) is 8.20. The zero-order valence-electron chi connectivity index (χ0n) is 10.2. The molecule has 1 unspecified atom stereocenters. The maximum absolute atomic E-state index is 12.3. The molecule has 0 N–H and O–H groups in total. The quantitative estimate of drug-likeness (QED) is 0.353. The first-order valence-electron chi connectivity index (χ1n) is 5.05. The lowest BCUT2D eigenvalue weighted by Gasteiger charge is -2.30. The second-order valence-corrected chi connectivity index (χ2v) is 5.77. The molecule has 0 aliphatic carbocycles. The van der Waals surface area contributed by atoms with Crippen LogP contribution in [0.1, 0.15) is 20.8 Å². The number of nitrogens with zero attached hydrogens (tertiary/aromatic N) is 2. The van der Waals surface area contributed by atoms with Gasteiger partial charge in [0, 0.05) is 4.92 Å². The summed E-state index contributed by atoms with van der Waals surface area (Å²) in [5, 5.41) is 17.4. The van der Waals surface area contributed by atoms with Gasteiger partial charge in [-0.3, -0.25) is 19.5 Å². The van der Waals surface area contributed by atoms with E-state index in [-0.39, 0.29) is 13.2 Å². The van der Waals surface area contributed by atoms with E-state index in [2.05, 4.69) is 4.84 Å². The molecule has 0 aromatic heterocycles. The van der Waals surface area contributed by atoms with Crippen molar-refractivity contribution in [3.63, 3.8) is 0 Å². The first kappa shape index (κ1) is 16.8. The van der Waals surface area contributed by atoms with Crippen LogP contribution in [0.2, 0.25) is 0 Å². The Balaban J connectivity index is 5.40. The summed E-state index contributed by atoms with van der Waals surface area (Å²) >= 11 is 0. The summed E-state index contributed by atoms with van der Waals surface area (Å²) in [6.07, 6.45) is 0. The van der Waals surface area contributed by atoms with Crippen molar-refractivity contribution in [2.24, 2.45) is 0 Å². The molecule has 0 rings (SSSR count). The molecule has 0 aromatic rings. The highest BCUT2D eigenvalue weighted by molar-refractivity contribution is 7.55. The molecule has 0 spiro atoms. The number of hydrogen-bond donors (Lipinski definition) is 0. The number of hydrogen-bond acceptors (Lipinski definition) is 8. The zero-order chi connectivity index (χ0) is 14.4. The lowest BCUT2D eigenvalue weighted by Crippen LogP contribution is -2.40. The molecule has 0 aliphatic heterocycles. The van der Waals surface area contributed by atoms with Crippen LogP contribution in [0.25, 0.3) is 0 Å². The van der Waals surface area contributed by atoms with Gasteiger partial charge in [0.1, 0.15) is 0 Å². The van der Waals surface area contributed by atoms with Gasteiger partial charge in [0.05, 0.1) is 13.2 Å². The smallest absolute Gasteiger partial charge is 0.307 e. The number of rotatable bonds is 9. The van der Waals surface area contributed by atoms with Gasteiger partial charge in [0.15, 0.2) is 0 Å². The van der Waals surface area contributed by atoms with Gasteiger partial charge >= 0.3 is 7.60 Å². The maximum atomic E-state index is 12.3. The van der Waals surface area contributed by atoms with Crippen molar-refractivity contribution < 1.29 is 28.5 Å². The topological polar surface area (TPSA) is 131 Å². The summed E-state index contributed by atoms with van der Waals surface area (Å²) in [6, 6.07) is 0.